The highest BCUT2D eigenvalue weighted by molar-refractivity contribution is 6.17. The van der Waals surface area contributed by atoms with Crippen molar-refractivity contribution >= 4 is 17.3 Å². The van der Waals surface area contributed by atoms with Crippen LogP contribution in [0, 0.1) is 10.1 Å². The molecule has 0 aliphatic rings. The lowest BCUT2D eigenvalue weighted by molar-refractivity contribution is -0.385. The van der Waals surface area contributed by atoms with Crippen LogP contribution < -0.4 is 9.47 Å². The Balaban J connectivity index is 2.17. The maximum Gasteiger partial charge on any atom is 0.270 e. The monoisotopic (exact) mass is 307 g/mol. The molecule has 0 saturated heterocycles. The van der Waals surface area contributed by atoms with Crippen LogP contribution in [0.3, 0.4) is 0 Å². The van der Waals surface area contributed by atoms with Gasteiger partial charge in [-0.2, -0.15) is 0 Å². The average Bonchev–Trinajstić information content (AvgIpc) is 2.52. The lowest BCUT2D eigenvalue weighted by Crippen LogP contribution is -2.00. The van der Waals surface area contributed by atoms with Gasteiger partial charge in [0.2, 0.25) is 0 Å². The van der Waals surface area contributed by atoms with E-state index in [1.165, 1.54) is 19.2 Å². The number of alkyl halides is 1. The second-order valence-electron chi connectivity index (χ2n) is 4.32. The topological polar surface area (TPSA) is 61.6 Å². The van der Waals surface area contributed by atoms with Gasteiger partial charge in [0.25, 0.3) is 5.69 Å². The van der Waals surface area contributed by atoms with E-state index in [9.17, 15) is 10.1 Å². The molecule has 0 aliphatic carbocycles. The van der Waals surface area contributed by atoms with Crippen molar-refractivity contribution in [2.75, 3.05) is 7.11 Å². The smallest absolute Gasteiger partial charge is 0.270 e. The van der Waals surface area contributed by atoms with Crippen LogP contribution in [0.2, 0.25) is 0 Å². The summed E-state index contributed by atoms with van der Waals surface area (Å²) in [6.45, 7) is 0.177. The molecular formula is C15H14ClNO4. The number of hydrogen-bond donors (Lipinski definition) is 0. The molecule has 0 amide bonds. The van der Waals surface area contributed by atoms with Crippen LogP contribution in [-0.4, -0.2) is 12.0 Å². The van der Waals surface area contributed by atoms with E-state index < -0.39 is 4.92 Å². The van der Waals surface area contributed by atoms with Crippen LogP contribution >= 0.6 is 11.6 Å². The number of hydrogen-bond acceptors (Lipinski definition) is 4. The van der Waals surface area contributed by atoms with Crippen molar-refractivity contribution in [3.63, 3.8) is 0 Å². The molecule has 6 heteroatoms. The normalized spacial score (nSPS) is 10.2. The van der Waals surface area contributed by atoms with E-state index >= 15 is 0 Å². The number of methoxy groups -OCH3 is 1. The van der Waals surface area contributed by atoms with Crippen LogP contribution in [-0.2, 0) is 12.5 Å². The van der Waals surface area contributed by atoms with Gasteiger partial charge in [0.05, 0.1) is 12.0 Å². The first-order valence-electron chi connectivity index (χ1n) is 6.23. The van der Waals surface area contributed by atoms with Gasteiger partial charge in [0, 0.05) is 23.6 Å². The third-order valence-electron chi connectivity index (χ3n) is 2.92. The van der Waals surface area contributed by atoms with Crippen molar-refractivity contribution in [1.29, 1.82) is 0 Å². The van der Waals surface area contributed by atoms with E-state index in [0.717, 1.165) is 5.56 Å². The molecule has 0 aromatic heterocycles. The largest absolute Gasteiger partial charge is 0.496 e. The van der Waals surface area contributed by atoms with Gasteiger partial charge < -0.3 is 9.47 Å². The van der Waals surface area contributed by atoms with Crippen LogP contribution in [0.4, 0.5) is 5.69 Å². The van der Waals surface area contributed by atoms with E-state index in [-0.39, 0.29) is 12.3 Å². The molecule has 0 bridgehead atoms. The van der Waals surface area contributed by atoms with E-state index in [0.29, 0.717) is 22.9 Å². The summed E-state index contributed by atoms with van der Waals surface area (Å²) in [7, 11) is 1.51. The summed E-state index contributed by atoms with van der Waals surface area (Å²) in [6.07, 6.45) is 0. The predicted molar refractivity (Wildman–Crippen MR) is 80.0 cm³/mol. The zero-order valence-electron chi connectivity index (χ0n) is 11.4. The minimum Gasteiger partial charge on any atom is -0.496 e. The molecule has 0 fully saturated rings. The van der Waals surface area contributed by atoms with E-state index in [2.05, 4.69) is 0 Å². The minimum atomic E-state index is -0.447. The van der Waals surface area contributed by atoms with Crippen molar-refractivity contribution < 1.29 is 14.4 Å². The van der Waals surface area contributed by atoms with Crippen molar-refractivity contribution in [2.24, 2.45) is 0 Å². The van der Waals surface area contributed by atoms with Crippen LogP contribution in [0.25, 0.3) is 0 Å². The van der Waals surface area contributed by atoms with Gasteiger partial charge in [0.15, 0.2) is 0 Å². The highest BCUT2D eigenvalue weighted by atomic mass is 35.5. The molecule has 0 saturated carbocycles. The van der Waals surface area contributed by atoms with Crippen molar-refractivity contribution in [3.05, 3.63) is 63.7 Å². The lowest BCUT2D eigenvalue weighted by atomic mass is 10.2. The minimum absolute atomic E-state index is 0.00362. The van der Waals surface area contributed by atoms with Gasteiger partial charge in [0.1, 0.15) is 18.1 Å². The molecule has 0 N–H and O–H groups in total. The van der Waals surface area contributed by atoms with Crippen LogP contribution in [0.5, 0.6) is 11.5 Å². The molecule has 2 aromatic rings. The molecule has 5 nitrogen and oxygen atoms in total. The third kappa shape index (κ3) is 3.86. The van der Waals surface area contributed by atoms with E-state index in [4.69, 9.17) is 21.1 Å². The first kappa shape index (κ1) is 15.1. The predicted octanol–water partition coefficient (Wildman–Crippen LogP) is 3.92. The summed E-state index contributed by atoms with van der Waals surface area (Å²) in [5.41, 5.74) is 1.56. The fraction of sp³-hybridized carbons (Fsp3) is 0.200. The third-order valence-corrected chi connectivity index (χ3v) is 3.23. The maximum atomic E-state index is 10.8. The number of ether oxygens (including phenoxy) is 2. The molecule has 0 atom stereocenters. The first-order valence-corrected chi connectivity index (χ1v) is 6.76. The second-order valence-corrected chi connectivity index (χ2v) is 4.59. The summed E-state index contributed by atoms with van der Waals surface area (Å²) >= 11 is 5.77. The number of nitrogens with zero attached hydrogens (tertiary/aromatic N) is 1. The van der Waals surface area contributed by atoms with Crippen molar-refractivity contribution in [1.82, 2.24) is 0 Å². The van der Waals surface area contributed by atoms with Crippen LogP contribution in [0.15, 0.2) is 42.5 Å². The molecule has 0 radical (unpaired) electrons. The lowest BCUT2D eigenvalue weighted by Gasteiger charge is -2.10. The zero-order valence-corrected chi connectivity index (χ0v) is 12.2. The van der Waals surface area contributed by atoms with E-state index in [1.54, 1.807) is 12.1 Å². The SMILES string of the molecule is COc1ccc([N+](=O)[O-])cc1COc1cccc(CCl)c1. The fourth-order valence-corrected chi connectivity index (χ4v) is 2.04. The Morgan fingerprint density at radius 2 is 2.05 bits per heavy atom. The summed E-state index contributed by atoms with van der Waals surface area (Å²) in [4.78, 5) is 10.4. The number of halogens is 1. The van der Waals surface area contributed by atoms with Gasteiger partial charge in [-0.3, -0.25) is 10.1 Å². The van der Waals surface area contributed by atoms with Gasteiger partial charge in [-0.15, -0.1) is 11.6 Å². The number of nitro groups is 1. The Kier molecular flexibility index (Phi) is 5.00. The summed E-state index contributed by atoms with van der Waals surface area (Å²) in [5, 5.41) is 10.8. The summed E-state index contributed by atoms with van der Waals surface area (Å²) < 4.78 is 10.8. The van der Waals surface area contributed by atoms with E-state index in [1.807, 2.05) is 18.2 Å². The molecule has 21 heavy (non-hydrogen) atoms. The molecule has 0 aliphatic heterocycles. The first-order chi connectivity index (χ1) is 10.1. The van der Waals surface area contributed by atoms with Crippen molar-refractivity contribution in [2.45, 2.75) is 12.5 Å². The Morgan fingerprint density at radius 3 is 2.71 bits per heavy atom. The molecule has 110 valence electrons. The highest BCUT2D eigenvalue weighted by Crippen LogP contribution is 2.25. The number of benzene rings is 2. The van der Waals surface area contributed by atoms with Crippen molar-refractivity contribution in [3.8, 4) is 11.5 Å². The molecule has 2 rings (SSSR count). The molecule has 0 heterocycles. The number of rotatable bonds is 6. The summed E-state index contributed by atoms with van der Waals surface area (Å²) in [6, 6.07) is 11.8. The van der Waals surface area contributed by atoms with Gasteiger partial charge >= 0.3 is 0 Å². The summed E-state index contributed by atoms with van der Waals surface area (Å²) in [5.74, 6) is 1.60. The quantitative estimate of drug-likeness (QED) is 0.461. The highest BCUT2D eigenvalue weighted by Gasteiger charge is 2.12. The fourth-order valence-electron chi connectivity index (χ4n) is 1.87. The Hall–Kier alpha value is -2.27. The number of nitro benzene ring substituents is 1. The van der Waals surface area contributed by atoms with Gasteiger partial charge in [-0.1, -0.05) is 12.1 Å². The molecule has 0 spiro atoms. The maximum absolute atomic E-state index is 10.8. The van der Waals surface area contributed by atoms with Gasteiger partial charge in [-0.25, -0.2) is 0 Å². The average molecular weight is 308 g/mol. The molecule has 2 aromatic carbocycles. The molecular weight excluding hydrogens is 294 g/mol. The Bertz CT molecular complexity index is 645. The van der Waals surface area contributed by atoms with Gasteiger partial charge in [-0.05, 0) is 23.8 Å². The van der Waals surface area contributed by atoms with Crippen LogP contribution in [0.1, 0.15) is 11.1 Å². The second kappa shape index (κ2) is 6.95. The standard InChI is InChI=1S/C15H14ClNO4/c1-20-15-6-5-13(17(18)19)8-12(15)10-21-14-4-2-3-11(7-14)9-16/h2-8H,9-10H2,1H3. The Morgan fingerprint density at radius 1 is 1.24 bits per heavy atom. The zero-order chi connectivity index (χ0) is 15.2. The number of non-ortho nitro benzene ring substituents is 1. The Labute approximate surface area is 127 Å². The molecule has 0 unspecified atom stereocenters.